The Kier molecular flexibility index (Phi) is 33.5. The topological polar surface area (TPSA) is 251 Å². The van der Waals surface area contributed by atoms with Gasteiger partial charge in [-0.25, -0.2) is 0 Å². The summed E-state index contributed by atoms with van der Waals surface area (Å²) in [7, 11) is 10.4. The summed E-state index contributed by atoms with van der Waals surface area (Å²) in [6.45, 7) is 31.8. The van der Waals surface area contributed by atoms with Gasteiger partial charge in [0, 0.05) is 56.3 Å². The molecule has 1 heterocycles. The van der Waals surface area contributed by atoms with Crippen LogP contribution in [-0.2, 0) is 52.7 Å². The van der Waals surface area contributed by atoms with Crippen LogP contribution < -0.4 is 21.3 Å². The SMILES string of the molecule is C/C=C/C[C@@H](C)[C@@H](OC(C)=O)[C@H]1C(=O)N[C@@H](CC)C(=O)N(C)CC(=O)N(C)[C@@H](CC(C)C)C(=S)N[C@@H](C(C)C)C(=O)N(C)[C@@H](CC(C)C)C(=O)N[C@@H](C)C(=S)N[C@H](C)C(=O)N(C)[C@@H](CC(C)C)C(=O)N(C)[C@@H](CC(C)C)C(=O)N(C)[C@@H](C(C)C)C(=O)N1C. The van der Waals surface area contributed by atoms with E-state index in [1.54, 1.807) is 61.7 Å². The van der Waals surface area contributed by atoms with Gasteiger partial charge in [0.25, 0.3) is 0 Å². The van der Waals surface area contributed by atoms with Gasteiger partial charge in [-0.3, -0.25) is 47.9 Å². The lowest BCUT2D eigenvalue weighted by Crippen LogP contribution is -2.64. The largest absolute Gasteiger partial charge is 0.459 e. The summed E-state index contributed by atoms with van der Waals surface area (Å²) >= 11 is 11.9. The average molecular weight is 1280 g/mol. The molecule has 1 aliphatic heterocycles. The summed E-state index contributed by atoms with van der Waals surface area (Å²) in [5.41, 5.74) is 0. The maximum Gasteiger partial charge on any atom is 0.303 e. The number of allylic oxidation sites excluding steroid dienone is 2. The smallest absolute Gasteiger partial charge is 0.303 e. The zero-order chi connectivity index (χ0) is 68.3. The molecule has 24 heteroatoms. The maximum atomic E-state index is 15.4. The third-order valence-electron chi connectivity index (χ3n) is 16.3. The Balaban J connectivity index is 4.43. The molecule has 1 saturated heterocycles. The Labute approximate surface area is 538 Å². The Morgan fingerprint density at radius 2 is 0.977 bits per heavy atom. The molecule has 1 fully saturated rings. The summed E-state index contributed by atoms with van der Waals surface area (Å²) in [5.74, 6) is -7.78. The molecule has 88 heavy (non-hydrogen) atoms. The van der Waals surface area contributed by atoms with E-state index < -0.39 is 144 Å². The predicted molar refractivity (Wildman–Crippen MR) is 353 cm³/mol. The highest BCUT2D eigenvalue weighted by Crippen LogP contribution is 2.27. The summed E-state index contributed by atoms with van der Waals surface area (Å²) in [6, 6.07) is -10.8. The van der Waals surface area contributed by atoms with Crippen molar-refractivity contribution in [3.63, 3.8) is 0 Å². The second-order valence-electron chi connectivity index (χ2n) is 26.7. The maximum absolute atomic E-state index is 15.4. The van der Waals surface area contributed by atoms with E-state index in [0.717, 1.165) is 4.90 Å². The lowest BCUT2D eigenvalue weighted by Gasteiger charge is -2.42. The molecule has 0 aliphatic carbocycles. The second-order valence-corrected chi connectivity index (χ2v) is 27.6. The number of thiocarbonyl (C=S) groups is 2. The van der Waals surface area contributed by atoms with Crippen LogP contribution in [0.25, 0.3) is 0 Å². The van der Waals surface area contributed by atoms with Crippen molar-refractivity contribution in [2.75, 3.05) is 55.9 Å². The molecule has 22 nitrogen and oxygen atoms in total. The van der Waals surface area contributed by atoms with Gasteiger partial charge < -0.3 is 60.3 Å². The molecular formula is C64H113N11O11S2. The first-order valence-corrected chi connectivity index (χ1v) is 32.3. The number of nitrogens with one attached hydrogen (secondary N) is 4. The van der Waals surface area contributed by atoms with Crippen LogP contribution >= 0.6 is 24.4 Å². The molecule has 0 radical (unpaired) electrons. The van der Waals surface area contributed by atoms with E-state index in [1.807, 2.05) is 82.2 Å². The first-order valence-electron chi connectivity index (χ1n) is 31.4. The molecule has 0 saturated carbocycles. The number of carbonyl (C=O) groups is 10. The fourth-order valence-electron chi connectivity index (χ4n) is 11.0. The Bertz CT molecular complexity index is 2460. The number of rotatable bonds is 16. The van der Waals surface area contributed by atoms with Crippen LogP contribution in [0.2, 0.25) is 0 Å². The number of hydrogen-bond donors (Lipinski definition) is 4. The van der Waals surface area contributed by atoms with Gasteiger partial charge >= 0.3 is 5.97 Å². The third kappa shape index (κ3) is 22.9. The van der Waals surface area contributed by atoms with E-state index in [0.29, 0.717) is 12.8 Å². The standard InChI is InChI=1S/C64H113N11O11S2/c1-26-28-29-41(15)54(86-44(18)76)53-56(79)67-45(27-2)60(81)69(19)34-50(77)70(20)47(31-36(5)6)58(88)68-51(39(11)12)63(84)71(21)46(30-35(3)4)55(78)65-42(16)57(87)66-43(17)59(80)72(22)48(32-37(7)8)61(82)73(23)49(33-38(9)10)62(83)74(24)52(40(13)14)64(85)75(53)25/h26,28,35-43,45-49,51-54H,27,29-34H2,1-25H3,(H,65,78)(H,66,87)(H,67,79)(H,68,88)/b28-26+/t41-,42+,43-,45+,46+,47+,48+,49+,51+,52+,53+,54-/m1/s1. The minimum Gasteiger partial charge on any atom is -0.459 e. The quantitative estimate of drug-likeness (QED) is 0.0853. The van der Waals surface area contributed by atoms with Crippen LogP contribution in [0.3, 0.4) is 0 Å². The third-order valence-corrected chi connectivity index (χ3v) is 17.2. The van der Waals surface area contributed by atoms with Gasteiger partial charge in [-0.05, 0) is 101 Å². The molecule has 1 aliphatic rings. The van der Waals surface area contributed by atoms with Crippen LogP contribution in [0.4, 0.5) is 0 Å². The molecule has 0 aromatic carbocycles. The van der Waals surface area contributed by atoms with E-state index in [9.17, 15) is 28.8 Å². The van der Waals surface area contributed by atoms with Gasteiger partial charge in [0.1, 0.15) is 54.4 Å². The summed E-state index contributed by atoms with van der Waals surface area (Å²) in [4.78, 5) is 156. The lowest BCUT2D eigenvalue weighted by atomic mass is 9.91. The molecule has 1 rings (SSSR count). The Morgan fingerprint density at radius 3 is 1.43 bits per heavy atom. The molecule has 0 aromatic rings. The number of likely N-dealkylation sites (N-methyl/N-ethyl adjacent to an activating group) is 7. The Hall–Kier alpha value is -5.78. The van der Waals surface area contributed by atoms with Crippen molar-refractivity contribution in [2.24, 2.45) is 41.4 Å². The minimum absolute atomic E-state index is 0.000526. The fourth-order valence-corrected chi connectivity index (χ4v) is 11.7. The molecule has 0 spiro atoms. The summed E-state index contributed by atoms with van der Waals surface area (Å²) in [5, 5.41) is 12.1. The van der Waals surface area contributed by atoms with Crippen molar-refractivity contribution in [1.82, 2.24) is 55.6 Å². The van der Waals surface area contributed by atoms with Crippen molar-refractivity contribution in [2.45, 2.75) is 230 Å². The predicted octanol–water partition coefficient (Wildman–Crippen LogP) is 5.44. The van der Waals surface area contributed by atoms with Crippen molar-refractivity contribution in [3.8, 4) is 0 Å². The number of ether oxygens (including phenoxy) is 1. The van der Waals surface area contributed by atoms with Gasteiger partial charge in [-0.15, -0.1) is 0 Å². The first kappa shape index (κ1) is 80.2. The molecule has 0 aromatic heterocycles. The van der Waals surface area contributed by atoms with Crippen molar-refractivity contribution in [3.05, 3.63) is 12.2 Å². The highest BCUT2D eigenvalue weighted by molar-refractivity contribution is 7.80. The van der Waals surface area contributed by atoms with Crippen LogP contribution in [0, 0.1) is 41.4 Å². The number of nitrogens with zero attached hydrogens (tertiary/aromatic N) is 7. The number of esters is 1. The fraction of sp³-hybridized carbons (Fsp3) is 0.781. The molecule has 9 amide bonds. The first-order chi connectivity index (χ1) is 40.6. The van der Waals surface area contributed by atoms with Gasteiger partial charge in [0.05, 0.1) is 28.6 Å². The minimum atomic E-state index is -1.57. The van der Waals surface area contributed by atoms with Gasteiger partial charge in [0.2, 0.25) is 53.2 Å². The molecular weight excluding hydrogens is 1160 g/mol. The van der Waals surface area contributed by atoms with Gasteiger partial charge in [-0.1, -0.05) is 134 Å². The zero-order valence-electron chi connectivity index (χ0n) is 57.9. The van der Waals surface area contributed by atoms with E-state index in [1.165, 1.54) is 71.6 Å². The van der Waals surface area contributed by atoms with Crippen LogP contribution in [0.1, 0.15) is 163 Å². The molecule has 0 unspecified atom stereocenters. The highest BCUT2D eigenvalue weighted by Gasteiger charge is 2.47. The zero-order valence-corrected chi connectivity index (χ0v) is 59.6. The van der Waals surface area contributed by atoms with Gasteiger partial charge in [0.15, 0.2) is 0 Å². The van der Waals surface area contributed by atoms with Gasteiger partial charge in [-0.2, -0.15) is 0 Å². The van der Waals surface area contributed by atoms with E-state index in [2.05, 4.69) is 21.3 Å². The van der Waals surface area contributed by atoms with E-state index in [4.69, 9.17) is 29.2 Å². The highest BCUT2D eigenvalue weighted by atomic mass is 32.1. The number of carbonyl (C=O) groups excluding carboxylic acids is 10. The summed E-state index contributed by atoms with van der Waals surface area (Å²) in [6.07, 6.45) is 3.73. The van der Waals surface area contributed by atoms with Crippen molar-refractivity contribution < 1.29 is 52.7 Å². The van der Waals surface area contributed by atoms with E-state index >= 15 is 19.2 Å². The second kappa shape index (κ2) is 36.8. The average Bonchev–Trinajstić information content (AvgIpc) is 2.69. The molecule has 4 N–H and O–H groups in total. The summed E-state index contributed by atoms with van der Waals surface area (Å²) < 4.78 is 5.96. The van der Waals surface area contributed by atoms with Crippen molar-refractivity contribution >= 4 is 93.5 Å². The molecule has 0 bridgehead atoms. The van der Waals surface area contributed by atoms with Crippen LogP contribution in [-0.4, -0.2) is 226 Å². The monoisotopic (exact) mass is 1280 g/mol. The lowest BCUT2D eigenvalue weighted by molar-refractivity contribution is -0.164. The number of hydrogen-bond acceptors (Lipinski definition) is 13. The van der Waals surface area contributed by atoms with E-state index in [-0.39, 0.29) is 65.2 Å². The van der Waals surface area contributed by atoms with Crippen LogP contribution in [0.15, 0.2) is 12.2 Å². The van der Waals surface area contributed by atoms with Crippen LogP contribution in [0.5, 0.6) is 0 Å². The normalized spacial score (nSPS) is 26.3. The Morgan fingerprint density at radius 1 is 0.523 bits per heavy atom. The van der Waals surface area contributed by atoms with Crippen molar-refractivity contribution in [1.29, 1.82) is 0 Å². The molecule has 12 atom stereocenters. The number of amides is 9. The molecule has 502 valence electrons.